The number of urea groups is 1. The quantitative estimate of drug-likeness (QED) is 0.584. The minimum Gasteiger partial charge on any atom is -0.389 e. The molecule has 0 unspecified atom stereocenters. The topological polar surface area (TPSA) is 94.5 Å². The number of hydrogen-bond acceptors (Lipinski definition) is 7. The van der Waals surface area contributed by atoms with Crippen LogP contribution < -0.4 is 15.1 Å². The van der Waals surface area contributed by atoms with Crippen molar-refractivity contribution in [2.24, 2.45) is 0 Å². The lowest BCUT2D eigenvalue weighted by molar-refractivity contribution is -0.137. The van der Waals surface area contributed by atoms with Crippen molar-refractivity contribution in [3.63, 3.8) is 0 Å². The van der Waals surface area contributed by atoms with E-state index in [1.165, 1.54) is 22.4 Å². The molecule has 12 heteroatoms. The number of aliphatic hydroxyl groups excluding tert-OH is 1. The van der Waals surface area contributed by atoms with Crippen LogP contribution in [0.5, 0.6) is 0 Å². The summed E-state index contributed by atoms with van der Waals surface area (Å²) in [5.41, 5.74) is 0.950. The summed E-state index contributed by atoms with van der Waals surface area (Å²) in [5.74, 6) is 0.264. The van der Waals surface area contributed by atoms with Crippen LogP contribution in [0.4, 0.5) is 34.6 Å². The number of pyridine rings is 2. The van der Waals surface area contributed by atoms with Crippen LogP contribution in [0, 0.1) is 13.8 Å². The van der Waals surface area contributed by atoms with Crippen molar-refractivity contribution in [2.75, 3.05) is 28.2 Å². The van der Waals surface area contributed by atoms with E-state index in [0.29, 0.717) is 23.9 Å². The lowest BCUT2D eigenvalue weighted by Gasteiger charge is -2.35. The van der Waals surface area contributed by atoms with Crippen molar-refractivity contribution in [2.45, 2.75) is 32.2 Å². The van der Waals surface area contributed by atoms with Gasteiger partial charge in [-0.05, 0) is 32.0 Å². The van der Waals surface area contributed by atoms with Gasteiger partial charge in [0.05, 0.1) is 34.8 Å². The van der Waals surface area contributed by atoms with Crippen molar-refractivity contribution in [3.05, 3.63) is 46.7 Å². The molecule has 2 aliphatic heterocycles. The number of anilines is 3. The summed E-state index contributed by atoms with van der Waals surface area (Å²) < 4.78 is 39.5. The number of nitrogens with zero attached hydrogens (tertiary/aromatic N) is 5. The average molecular weight is 476 g/mol. The number of hydrogen-bond donors (Lipinski definition) is 2. The Balaban J connectivity index is 1.55. The highest BCUT2D eigenvalue weighted by Crippen LogP contribution is 2.41. The Morgan fingerprint density at radius 1 is 1.21 bits per heavy atom. The molecule has 0 saturated carbocycles. The normalized spacial score (nSPS) is 19.6. The van der Waals surface area contributed by atoms with Gasteiger partial charge in [0.1, 0.15) is 0 Å². The van der Waals surface area contributed by atoms with Gasteiger partial charge in [-0.3, -0.25) is 15.2 Å². The Labute approximate surface area is 190 Å². The molecular formula is C21H19F3N6O2S. The lowest BCUT2D eigenvalue weighted by atomic mass is 10.1. The fourth-order valence-corrected chi connectivity index (χ4v) is 4.87. The summed E-state index contributed by atoms with van der Waals surface area (Å²) in [5, 5.41) is 13.8. The zero-order valence-corrected chi connectivity index (χ0v) is 18.4. The lowest BCUT2D eigenvalue weighted by Crippen LogP contribution is -2.51. The number of carbonyl (C=O) groups is 1. The molecule has 2 amide bonds. The smallest absolute Gasteiger partial charge is 0.389 e. The van der Waals surface area contributed by atoms with Crippen LogP contribution in [0.2, 0.25) is 0 Å². The molecule has 1 saturated heterocycles. The van der Waals surface area contributed by atoms with Crippen LogP contribution in [0.15, 0.2) is 30.6 Å². The number of amides is 2. The van der Waals surface area contributed by atoms with E-state index in [9.17, 15) is 23.1 Å². The Morgan fingerprint density at radius 3 is 2.70 bits per heavy atom. The average Bonchev–Trinajstić information content (AvgIpc) is 3.26. The fourth-order valence-electron chi connectivity index (χ4n) is 4.06. The predicted octanol–water partition coefficient (Wildman–Crippen LogP) is 3.84. The molecule has 2 bridgehead atoms. The highest BCUT2D eigenvalue weighted by molar-refractivity contribution is 7.15. The first-order valence-electron chi connectivity index (χ1n) is 10.1. The zero-order chi connectivity index (χ0) is 23.5. The van der Waals surface area contributed by atoms with Gasteiger partial charge in [-0.25, -0.2) is 14.8 Å². The van der Waals surface area contributed by atoms with Gasteiger partial charge in [-0.1, -0.05) is 0 Å². The minimum absolute atomic E-state index is 0.174. The molecule has 3 aromatic heterocycles. The molecule has 0 aliphatic carbocycles. The molecule has 0 spiro atoms. The van der Waals surface area contributed by atoms with Gasteiger partial charge in [0.15, 0.2) is 10.9 Å². The first-order chi connectivity index (χ1) is 15.6. The van der Waals surface area contributed by atoms with Gasteiger partial charge < -0.3 is 10.0 Å². The van der Waals surface area contributed by atoms with Gasteiger partial charge in [0.2, 0.25) is 0 Å². The Kier molecular flexibility index (Phi) is 5.01. The van der Waals surface area contributed by atoms with Gasteiger partial charge >= 0.3 is 12.2 Å². The summed E-state index contributed by atoms with van der Waals surface area (Å²) in [6.07, 6.45) is -3.30. The number of rotatable bonds is 2. The molecule has 1 fully saturated rings. The first-order valence-corrected chi connectivity index (χ1v) is 10.9. The second-order valence-electron chi connectivity index (χ2n) is 8.00. The Morgan fingerprint density at radius 2 is 2.00 bits per heavy atom. The van der Waals surface area contributed by atoms with E-state index in [0.717, 1.165) is 22.8 Å². The number of nitrogens with one attached hydrogen (secondary N) is 1. The van der Waals surface area contributed by atoms with E-state index in [4.69, 9.17) is 0 Å². The summed E-state index contributed by atoms with van der Waals surface area (Å²) in [6.45, 7) is 4.48. The summed E-state index contributed by atoms with van der Waals surface area (Å²) in [6, 6.07) is 3.19. The van der Waals surface area contributed by atoms with E-state index in [1.54, 1.807) is 12.1 Å². The molecule has 5 rings (SSSR count). The molecule has 0 radical (unpaired) electrons. The van der Waals surface area contributed by atoms with E-state index < -0.39 is 29.9 Å². The third-order valence-electron chi connectivity index (χ3n) is 5.84. The van der Waals surface area contributed by atoms with Gasteiger partial charge in [0.25, 0.3) is 0 Å². The van der Waals surface area contributed by atoms with E-state index in [1.807, 2.05) is 18.7 Å². The molecule has 2 aliphatic rings. The number of aromatic nitrogens is 3. The number of fused-ring (bicyclic) bond motifs is 4. The molecule has 5 heterocycles. The van der Waals surface area contributed by atoms with Gasteiger partial charge in [-0.15, -0.1) is 11.3 Å². The monoisotopic (exact) mass is 476 g/mol. The standard InChI is InChI=1S/C21H19F3N6O2S/c1-10-11(2)33-19(26-10)28-20(32)30-16-8-29(9-17(16)31)15-4-3-14(27-18(15)30)12-5-13(7-25-6-12)21(22,23)24/h3-7,16-17,31H,8-9H2,1-2H3,(H,26,28,32)/t16-,17-/m1/s1. The number of thiazole rings is 1. The maximum absolute atomic E-state index is 13.3. The number of alkyl halides is 3. The highest BCUT2D eigenvalue weighted by atomic mass is 32.1. The second-order valence-corrected chi connectivity index (χ2v) is 9.20. The third-order valence-corrected chi connectivity index (χ3v) is 6.82. The van der Waals surface area contributed by atoms with E-state index in [-0.39, 0.29) is 17.1 Å². The van der Waals surface area contributed by atoms with Crippen molar-refractivity contribution < 1.29 is 23.1 Å². The maximum Gasteiger partial charge on any atom is 0.417 e. The molecule has 0 aromatic carbocycles. The van der Waals surface area contributed by atoms with Gasteiger partial charge in [-0.2, -0.15) is 13.2 Å². The SMILES string of the molecule is Cc1nc(NC(=O)N2c3nc(-c4cncc(C(F)(F)F)c4)ccc3N3C[C@@H](O)[C@H]2C3)sc1C. The van der Waals surface area contributed by atoms with Crippen molar-refractivity contribution in [1.29, 1.82) is 0 Å². The van der Waals surface area contributed by atoms with Crippen LogP contribution in [-0.4, -0.2) is 51.3 Å². The molecule has 3 aromatic rings. The maximum atomic E-state index is 13.3. The number of aliphatic hydroxyl groups is 1. The summed E-state index contributed by atoms with van der Waals surface area (Å²) >= 11 is 1.33. The molecule has 33 heavy (non-hydrogen) atoms. The largest absolute Gasteiger partial charge is 0.417 e. The minimum atomic E-state index is -4.54. The highest BCUT2D eigenvalue weighted by Gasteiger charge is 2.45. The Hall–Kier alpha value is -3.25. The molecule has 2 atom stereocenters. The Bertz CT molecular complexity index is 1230. The van der Waals surface area contributed by atoms with Crippen LogP contribution in [0.3, 0.4) is 0 Å². The molecule has 172 valence electrons. The van der Waals surface area contributed by atoms with Crippen LogP contribution >= 0.6 is 11.3 Å². The van der Waals surface area contributed by atoms with Gasteiger partial charge in [0, 0.05) is 35.9 Å². The third kappa shape index (κ3) is 3.78. The van der Waals surface area contributed by atoms with Crippen molar-refractivity contribution >= 4 is 34.0 Å². The second kappa shape index (κ2) is 7.66. The van der Waals surface area contributed by atoms with E-state index >= 15 is 0 Å². The van der Waals surface area contributed by atoms with Crippen LogP contribution in [0.1, 0.15) is 16.1 Å². The molecule has 8 nitrogen and oxygen atoms in total. The van der Waals surface area contributed by atoms with E-state index in [2.05, 4.69) is 20.3 Å². The zero-order valence-electron chi connectivity index (χ0n) is 17.6. The summed E-state index contributed by atoms with van der Waals surface area (Å²) in [7, 11) is 0. The fraction of sp³-hybridized carbons (Fsp3) is 0.333. The number of aryl methyl sites for hydroxylation is 2. The first kappa shape index (κ1) is 21.6. The van der Waals surface area contributed by atoms with Crippen molar-refractivity contribution in [3.8, 4) is 11.3 Å². The molecule has 2 N–H and O–H groups in total. The predicted molar refractivity (Wildman–Crippen MR) is 118 cm³/mol. The van der Waals surface area contributed by atoms with Crippen LogP contribution in [-0.2, 0) is 6.18 Å². The summed E-state index contributed by atoms with van der Waals surface area (Å²) in [4.78, 5) is 30.1. The number of halogens is 3. The van der Waals surface area contributed by atoms with Crippen molar-refractivity contribution in [1.82, 2.24) is 15.0 Å². The van der Waals surface area contributed by atoms with Crippen LogP contribution in [0.25, 0.3) is 11.3 Å². The number of carbonyl (C=O) groups excluding carboxylic acids is 1. The molecular weight excluding hydrogens is 457 g/mol.